The lowest BCUT2D eigenvalue weighted by Crippen LogP contribution is -2.31. The van der Waals surface area contributed by atoms with E-state index in [9.17, 15) is 0 Å². The van der Waals surface area contributed by atoms with Gasteiger partial charge < -0.3 is 14.5 Å². The lowest BCUT2D eigenvalue weighted by atomic mass is 10.0. The SMILES string of the molecule is Cn1ccnc1-c1ccc(N2CCc3c([nH]c4ccccc34)C2)nn1. The molecule has 0 radical (unpaired) electrons. The molecule has 5 rings (SSSR count). The Bertz CT molecular complexity index is 1040. The molecule has 0 spiro atoms. The van der Waals surface area contributed by atoms with Crippen molar-refractivity contribution in [3.63, 3.8) is 0 Å². The molecule has 0 amide bonds. The van der Waals surface area contributed by atoms with Gasteiger partial charge in [-0.25, -0.2) is 4.98 Å². The molecule has 1 aromatic carbocycles. The average Bonchev–Trinajstić information content (AvgIpc) is 3.24. The lowest BCUT2D eigenvalue weighted by Gasteiger charge is -2.27. The molecule has 0 saturated heterocycles. The fraction of sp³-hybridized carbons (Fsp3) is 0.211. The third-order valence-corrected chi connectivity index (χ3v) is 4.91. The molecule has 0 aliphatic carbocycles. The topological polar surface area (TPSA) is 62.6 Å². The highest BCUT2D eigenvalue weighted by atomic mass is 15.3. The van der Waals surface area contributed by atoms with Crippen molar-refractivity contribution in [1.82, 2.24) is 24.7 Å². The number of H-pyrrole nitrogens is 1. The summed E-state index contributed by atoms with van der Waals surface area (Å²) < 4.78 is 1.95. The zero-order chi connectivity index (χ0) is 16.8. The van der Waals surface area contributed by atoms with Gasteiger partial charge in [0, 0.05) is 42.6 Å². The number of nitrogens with zero attached hydrogens (tertiary/aromatic N) is 5. The Morgan fingerprint density at radius 2 is 2.00 bits per heavy atom. The van der Waals surface area contributed by atoms with Crippen molar-refractivity contribution in [2.75, 3.05) is 11.4 Å². The first-order chi connectivity index (χ1) is 12.3. The van der Waals surface area contributed by atoms with Gasteiger partial charge in [0.2, 0.25) is 0 Å². The van der Waals surface area contributed by atoms with Gasteiger partial charge in [-0.3, -0.25) is 0 Å². The van der Waals surface area contributed by atoms with Gasteiger partial charge in [-0.05, 0) is 30.2 Å². The van der Waals surface area contributed by atoms with Crippen LogP contribution < -0.4 is 4.90 Å². The molecule has 1 aliphatic rings. The van der Waals surface area contributed by atoms with Gasteiger partial charge in [-0.2, -0.15) is 0 Å². The molecule has 0 bridgehead atoms. The standard InChI is InChI=1S/C19H18N6/c1-24-11-9-20-19(24)16-6-7-18(23-22-16)25-10-8-14-13-4-2-3-5-15(13)21-17(14)12-25/h2-7,9,11,21H,8,10,12H2,1H3. The fourth-order valence-corrected chi connectivity index (χ4v) is 3.61. The van der Waals surface area contributed by atoms with E-state index in [1.54, 1.807) is 6.20 Å². The quantitative estimate of drug-likeness (QED) is 0.614. The molecular formula is C19H18N6. The molecule has 0 saturated carbocycles. The fourth-order valence-electron chi connectivity index (χ4n) is 3.61. The first-order valence-electron chi connectivity index (χ1n) is 8.44. The maximum Gasteiger partial charge on any atom is 0.160 e. The van der Waals surface area contributed by atoms with Crippen LogP contribution in [0.1, 0.15) is 11.3 Å². The summed E-state index contributed by atoms with van der Waals surface area (Å²) in [7, 11) is 1.96. The zero-order valence-electron chi connectivity index (χ0n) is 14.0. The molecular weight excluding hydrogens is 312 g/mol. The zero-order valence-corrected chi connectivity index (χ0v) is 14.0. The van der Waals surface area contributed by atoms with Gasteiger partial charge >= 0.3 is 0 Å². The Kier molecular flexibility index (Phi) is 3.09. The smallest absolute Gasteiger partial charge is 0.160 e. The average molecular weight is 330 g/mol. The highest BCUT2D eigenvalue weighted by Crippen LogP contribution is 2.29. The first kappa shape index (κ1) is 14.2. The minimum absolute atomic E-state index is 0.791. The van der Waals surface area contributed by atoms with Crippen LogP contribution in [0.25, 0.3) is 22.4 Å². The molecule has 0 fully saturated rings. The van der Waals surface area contributed by atoms with Crippen molar-refractivity contribution in [3.8, 4) is 11.5 Å². The number of anilines is 1. The van der Waals surface area contributed by atoms with E-state index < -0.39 is 0 Å². The van der Waals surface area contributed by atoms with Gasteiger partial charge in [0.25, 0.3) is 0 Å². The summed E-state index contributed by atoms with van der Waals surface area (Å²) >= 11 is 0. The van der Waals surface area contributed by atoms with E-state index in [0.717, 1.165) is 36.8 Å². The Balaban J connectivity index is 1.44. The van der Waals surface area contributed by atoms with Gasteiger partial charge in [0.15, 0.2) is 11.6 Å². The number of rotatable bonds is 2. The van der Waals surface area contributed by atoms with Crippen LogP contribution >= 0.6 is 0 Å². The van der Waals surface area contributed by atoms with E-state index >= 15 is 0 Å². The molecule has 1 aliphatic heterocycles. The van der Waals surface area contributed by atoms with Gasteiger partial charge in [0.1, 0.15) is 5.69 Å². The molecule has 6 heteroatoms. The Labute approximate surface area is 145 Å². The number of hydrogen-bond donors (Lipinski definition) is 1. The Morgan fingerprint density at radius 1 is 1.08 bits per heavy atom. The van der Waals surface area contributed by atoms with E-state index in [-0.39, 0.29) is 0 Å². The number of aromatic nitrogens is 5. The van der Waals surface area contributed by atoms with Crippen LogP contribution in [0.15, 0.2) is 48.8 Å². The third kappa shape index (κ3) is 2.29. The third-order valence-electron chi connectivity index (χ3n) is 4.91. The molecule has 0 unspecified atom stereocenters. The Morgan fingerprint density at radius 3 is 2.80 bits per heavy atom. The number of aromatic amines is 1. The first-order valence-corrected chi connectivity index (χ1v) is 8.44. The summed E-state index contributed by atoms with van der Waals surface area (Å²) in [5, 5.41) is 10.1. The second kappa shape index (κ2) is 5.44. The largest absolute Gasteiger partial charge is 0.357 e. The molecule has 4 aromatic rings. The molecule has 25 heavy (non-hydrogen) atoms. The van der Waals surface area contributed by atoms with E-state index in [1.807, 2.05) is 29.9 Å². The molecule has 6 nitrogen and oxygen atoms in total. The highest BCUT2D eigenvalue weighted by molar-refractivity contribution is 5.85. The summed E-state index contributed by atoms with van der Waals surface area (Å²) in [6, 6.07) is 12.5. The maximum atomic E-state index is 4.43. The minimum Gasteiger partial charge on any atom is -0.357 e. The molecule has 3 aromatic heterocycles. The van der Waals surface area contributed by atoms with Crippen LogP contribution in [-0.2, 0) is 20.0 Å². The van der Waals surface area contributed by atoms with Gasteiger partial charge in [-0.1, -0.05) is 18.2 Å². The molecule has 124 valence electrons. The maximum absolute atomic E-state index is 4.43. The Hall–Kier alpha value is -3.15. The van der Waals surface area contributed by atoms with Crippen LogP contribution in [0.2, 0.25) is 0 Å². The van der Waals surface area contributed by atoms with Crippen LogP contribution in [-0.4, -0.2) is 31.3 Å². The van der Waals surface area contributed by atoms with Crippen molar-refractivity contribution in [1.29, 1.82) is 0 Å². The van der Waals surface area contributed by atoms with Crippen molar-refractivity contribution in [2.45, 2.75) is 13.0 Å². The monoisotopic (exact) mass is 330 g/mol. The van der Waals surface area contributed by atoms with E-state index in [4.69, 9.17) is 0 Å². The molecule has 1 N–H and O–H groups in total. The second-order valence-corrected chi connectivity index (χ2v) is 6.44. The number of para-hydroxylation sites is 1. The normalized spacial score (nSPS) is 14.0. The summed E-state index contributed by atoms with van der Waals surface area (Å²) in [6.45, 7) is 1.78. The van der Waals surface area contributed by atoms with E-state index in [2.05, 4.69) is 49.3 Å². The number of aryl methyl sites for hydroxylation is 1. The van der Waals surface area contributed by atoms with Crippen molar-refractivity contribution in [3.05, 3.63) is 60.0 Å². The highest BCUT2D eigenvalue weighted by Gasteiger charge is 2.21. The lowest BCUT2D eigenvalue weighted by molar-refractivity contribution is 0.706. The van der Waals surface area contributed by atoms with Crippen molar-refractivity contribution >= 4 is 16.7 Å². The number of hydrogen-bond acceptors (Lipinski definition) is 4. The van der Waals surface area contributed by atoms with Crippen LogP contribution in [0.5, 0.6) is 0 Å². The van der Waals surface area contributed by atoms with E-state index in [0.29, 0.717) is 0 Å². The number of nitrogens with one attached hydrogen (secondary N) is 1. The predicted molar refractivity (Wildman–Crippen MR) is 97.3 cm³/mol. The minimum atomic E-state index is 0.791. The van der Waals surface area contributed by atoms with Crippen molar-refractivity contribution in [2.24, 2.45) is 7.05 Å². The van der Waals surface area contributed by atoms with Gasteiger partial charge in [0.05, 0.1) is 6.54 Å². The number of benzene rings is 1. The van der Waals surface area contributed by atoms with Gasteiger partial charge in [-0.15, -0.1) is 10.2 Å². The molecule has 4 heterocycles. The summed E-state index contributed by atoms with van der Waals surface area (Å²) in [4.78, 5) is 10.1. The second-order valence-electron chi connectivity index (χ2n) is 6.44. The predicted octanol–water partition coefficient (Wildman–Crippen LogP) is 2.92. The van der Waals surface area contributed by atoms with Crippen molar-refractivity contribution < 1.29 is 0 Å². The molecule has 0 atom stereocenters. The van der Waals surface area contributed by atoms with E-state index in [1.165, 1.54) is 22.2 Å². The summed E-state index contributed by atoms with van der Waals surface area (Å²) in [6.07, 6.45) is 4.70. The summed E-state index contributed by atoms with van der Waals surface area (Å²) in [5.41, 5.74) is 4.72. The summed E-state index contributed by atoms with van der Waals surface area (Å²) in [5.74, 6) is 1.73. The van der Waals surface area contributed by atoms with Crippen LogP contribution in [0.4, 0.5) is 5.82 Å². The van der Waals surface area contributed by atoms with Crippen LogP contribution in [0, 0.1) is 0 Å². The number of imidazole rings is 1. The van der Waals surface area contributed by atoms with Crippen LogP contribution in [0.3, 0.4) is 0 Å². The number of fused-ring (bicyclic) bond motifs is 3.